The molecule has 0 aliphatic carbocycles. The van der Waals surface area contributed by atoms with Gasteiger partial charge in [-0.05, 0) is 81.6 Å². The van der Waals surface area contributed by atoms with Gasteiger partial charge >= 0.3 is 0 Å². The fourth-order valence-corrected chi connectivity index (χ4v) is 5.26. The topological polar surface area (TPSA) is 89.4 Å². The summed E-state index contributed by atoms with van der Waals surface area (Å²) in [7, 11) is 1.56. The van der Waals surface area contributed by atoms with E-state index in [1.165, 1.54) is 10.6 Å². The zero-order valence-electron chi connectivity index (χ0n) is 24.0. The molecule has 1 aliphatic heterocycles. The summed E-state index contributed by atoms with van der Waals surface area (Å²) in [4.78, 5) is 38.2. The number of nitrogens with one attached hydrogen (secondary N) is 1. The van der Waals surface area contributed by atoms with Gasteiger partial charge in [0.05, 0.1) is 12.5 Å². The predicted molar refractivity (Wildman–Crippen MR) is 158 cm³/mol. The molecule has 2 aromatic carbocycles. The van der Waals surface area contributed by atoms with Crippen LogP contribution < -0.4 is 15.6 Å². The maximum atomic E-state index is 15.1. The Hall–Kier alpha value is -4.11. The fraction of sp³-hybridized carbons (Fsp3) is 0.375. The van der Waals surface area contributed by atoms with E-state index in [4.69, 9.17) is 4.74 Å². The lowest BCUT2D eigenvalue weighted by molar-refractivity contribution is -0.122. The summed E-state index contributed by atoms with van der Waals surface area (Å²) < 4.78 is 21.8. The van der Waals surface area contributed by atoms with Gasteiger partial charge in [-0.2, -0.15) is 0 Å². The monoisotopic (exact) mass is 557 g/mol. The molecule has 1 saturated heterocycles. The molecule has 0 atom stereocenters. The molecule has 1 N–H and O–H groups in total. The molecule has 0 bridgehead atoms. The van der Waals surface area contributed by atoms with Gasteiger partial charge in [0.15, 0.2) is 5.65 Å². The van der Waals surface area contributed by atoms with Crippen LogP contribution in [-0.2, 0) is 17.9 Å². The van der Waals surface area contributed by atoms with Crippen molar-refractivity contribution >= 4 is 16.9 Å². The molecule has 5 rings (SSSR count). The van der Waals surface area contributed by atoms with Crippen LogP contribution in [0.3, 0.4) is 0 Å². The second kappa shape index (κ2) is 12.2. The maximum Gasteiger partial charge on any atom is 0.263 e. The van der Waals surface area contributed by atoms with Crippen molar-refractivity contribution in [2.24, 2.45) is 5.92 Å². The fourth-order valence-electron chi connectivity index (χ4n) is 5.26. The molecule has 0 radical (unpaired) electrons. The number of pyridine rings is 1. The number of methoxy groups -OCH3 is 1. The highest BCUT2D eigenvalue weighted by molar-refractivity contribution is 5.83. The summed E-state index contributed by atoms with van der Waals surface area (Å²) in [6.07, 6.45) is 3.87. The van der Waals surface area contributed by atoms with Crippen LogP contribution in [0.2, 0.25) is 0 Å². The molecular formula is C32H36FN5O3. The maximum absolute atomic E-state index is 15.1. The highest BCUT2D eigenvalue weighted by Crippen LogP contribution is 2.28. The van der Waals surface area contributed by atoms with Crippen molar-refractivity contribution in [3.63, 3.8) is 0 Å². The van der Waals surface area contributed by atoms with Crippen molar-refractivity contribution in [1.29, 1.82) is 0 Å². The first-order chi connectivity index (χ1) is 19.7. The Kier molecular flexibility index (Phi) is 8.44. The standard InChI is InChI=1S/C32H36FN5O3/c1-20(2)35-29(39)19-38-31(23-6-5-7-25(15-23)41-4)36-30-27(32(38)40)16-24(17-34-30)26-14-22(8-9-28(26)33)18-37-12-10-21(3)11-13-37/h5-9,14-17,20-21H,10-13,18-19H2,1-4H3,(H,35,39). The Morgan fingerprint density at radius 2 is 1.90 bits per heavy atom. The van der Waals surface area contributed by atoms with Gasteiger partial charge in [0, 0.05) is 35.5 Å². The van der Waals surface area contributed by atoms with Crippen LogP contribution in [-0.4, -0.2) is 51.6 Å². The van der Waals surface area contributed by atoms with E-state index in [-0.39, 0.29) is 35.3 Å². The van der Waals surface area contributed by atoms with E-state index in [0.717, 1.165) is 44.0 Å². The van der Waals surface area contributed by atoms with E-state index < -0.39 is 5.56 Å². The Morgan fingerprint density at radius 3 is 2.63 bits per heavy atom. The first-order valence-electron chi connectivity index (χ1n) is 14.1. The summed E-state index contributed by atoms with van der Waals surface area (Å²) in [5, 5.41) is 3.04. The minimum Gasteiger partial charge on any atom is -0.497 e. The second-order valence-corrected chi connectivity index (χ2v) is 11.1. The molecule has 9 heteroatoms. The first-order valence-corrected chi connectivity index (χ1v) is 14.1. The van der Waals surface area contributed by atoms with Gasteiger partial charge in [-0.1, -0.05) is 25.1 Å². The number of carbonyl (C=O) groups excluding carboxylic acids is 1. The minimum absolute atomic E-state index is 0.0938. The van der Waals surface area contributed by atoms with Gasteiger partial charge in [0.2, 0.25) is 5.91 Å². The summed E-state index contributed by atoms with van der Waals surface area (Å²) in [6.45, 7) is 8.55. The Labute approximate surface area is 239 Å². The lowest BCUT2D eigenvalue weighted by Gasteiger charge is -2.30. The number of hydrogen-bond donors (Lipinski definition) is 1. The molecule has 1 aliphatic rings. The van der Waals surface area contributed by atoms with E-state index in [9.17, 15) is 9.59 Å². The number of aromatic nitrogens is 3. The molecule has 214 valence electrons. The average molecular weight is 558 g/mol. The molecule has 41 heavy (non-hydrogen) atoms. The quantitative estimate of drug-likeness (QED) is 0.327. The Balaban J connectivity index is 1.57. The van der Waals surface area contributed by atoms with Crippen LogP contribution in [0.1, 0.15) is 39.2 Å². The van der Waals surface area contributed by atoms with Crippen LogP contribution in [0.4, 0.5) is 4.39 Å². The number of amides is 1. The summed E-state index contributed by atoms with van der Waals surface area (Å²) in [5.74, 6) is 0.914. The molecule has 2 aromatic heterocycles. The van der Waals surface area contributed by atoms with Gasteiger partial charge in [-0.25, -0.2) is 14.4 Å². The molecule has 0 saturated carbocycles. The number of fused-ring (bicyclic) bond motifs is 1. The third-order valence-electron chi connectivity index (χ3n) is 7.51. The second-order valence-electron chi connectivity index (χ2n) is 11.1. The molecule has 3 heterocycles. The van der Waals surface area contributed by atoms with Gasteiger partial charge in [0.25, 0.3) is 5.56 Å². The van der Waals surface area contributed by atoms with Crippen molar-refractivity contribution in [3.05, 3.63) is 76.5 Å². The number of rotatable bonds is 8. The lowest BCUT2D eigenvalue weighted by atomic mass is 9.98. The smallest absolute Gasteiger partial charge is 0.263 e. The third-order valence-corrected chi connectivity index (χ3v) is 7.51. The number of nitrogens with zero attached hydrogens (tertiary/aromatic N) is 4. The van der Waals surface area contributed by atoms with Crippen molar-refractivity contribution in [3.8, 4) is 28.3 Å². The van der Waals surface area contributed by atoms with E-state index in [1.54, 1.807) is 43.6 Å². The number of carbonyl (C=O) groups is 1. The average Bonchev–Trinajstić information content (AvgIpc) is 2.96. The number of halogens is 1. The van der Waals surface area contributed by atoms with Gasteiger partial charge in [0.1, 0.15) is 23.9 Å². The van der Waals surface area contributed by atoms with Crippen molar-refractivity contribution in [2.45, 2.75) is 52.7 Å². The van der Waals surface area contributed by atoms with Gasteiger partial charge < -0.3 is 10.1 Å². The van der Waals surface area contributed by atoms with Gasteiger partial charge in [-0.15, -0.1) is 0 Å². The first kappa shape index (κ1) is 28.4. The summed E-state index contributed by atoms with van der Waals surface area (Å²) in [5.41, 5.74) is 2.26. The molecule has 4 aromatic rings. The predicted octanol–water partition coefficient (Wildman–Crippen LogP) is 5.03. The van der Waals surface area contributed by atoms with Crippen LogP contribution in [0, 0.1) is 11.7 Å². The van der Waals surface area contributed by atoms with Crippen LogP contribution in [0.5, 0.6) is 5.75 Å². The van der Waals surface area contributed by atoms with Gasteiger partial charge in [-0.3, -0.25) is 19.1 Å². The highest BCUT2D eigenvalue weighted by Gasteiger charge is 2.20. The molecule has 8 nitrogen and oxygen atoms in total. The van der Waals surface area contributed by atoms with Crippen molar-refractivity contribution in [1.82, 2.24) is 24.8 Å². The minimum atomic E-state index is -0.430. The summed E-state index contributed by atoms with van der Waals surface area (Å²) in [6, 6.07) is 13.8. The molecular weight excluding hydrogens is 521 g/mol. The number of hydrogen-bond acceptors (Lipinski definition) is 6. The molecule has 1 fully saturated rings. The molecule has 0 spiro atoms. The van der Waals surface area contributed by atoms with E-state index >= 15 is 4.39 Å². The lowest BCUT2D eigenvalue weighted by Crippen LogP contribution is -2.37. The number of ether oxygens (including phenoxy) is 1. The normalized spacial score (nSPS) is 14.5. The van der Waals surface area contributed by atoms with E-state index in [0.29, 0.717) is 28.3 Å². The Bertz CT molecular complexity index is 1630. The van der Waals surface area contributed by atoms with E-state index in [2.05, 4.69) is 27.1 Å². The number of piperidine rings is 1. The van der Waals surface area contributed by atoms with E-state index in [1.807, 2.05) is 26.0 Å². The number of likely N-dealkylation sites (tertiary alicyclic amines) is 1. The zero-order chi connectivity index (χ0) is 29.1. The van der Waals surface area contributed by atoms with Crippen LogP contribution in [0.15, 0.2) is 59.5 Å². The van der Waals surface area contributed by atoms with Crippen LogP contribution >= 0.6 is 0 Å². The SMILES string of the molecule is COc1cccc(-c2nc3ncc(-c4cc(CN5CCC(C)CC5)ccc4F)cc3c(=O)n2CC(=O)NC(C)C)c1. The summed E-state index contributed by atoms with van der Waals surface area (Å²) >= 11 is 0. The van der Waals surface area contributed by atoms with Crippen molar-refractivity contribution in [2.75, 3.05) is 20.2 Å². The molecule has 0 unspecified atom stereocenters. The number of benzene rings is 2. The highest BCUT2D eigenvalue weighted by atomic mass is 19.1. The zero-order valence-corrected chi connectivity index (χ0v) is 24.0. The largest absolute Gasteiger partial charge is 0.497 e. The third kappa shape index (κ3) is 6.46. The van der Waals surface area contributed by atoms with Crippen molar-refractivity contribution < 1.29 is 13.9 Å². The molecule has 1 amide bonds. The van der Waals surface area contributed by atoms with Crippen LogP contribution in [0.25, 0.3) is 33.5 Å². The Morgan fingerprint density at radius 1 is 1.12 bits per heavy atom.